The zero-order valence-corrected chi connectivity index (χ0v) is 14.2. The third-order valence-corrected chi connectivity index (χ3v) is 3.99. The Morgan fingerprint density at radius 2 is 1.68 bits per heavy atom. The molecule has 3 nitrogen and oxygen atoms in total. The number of methoxy groups -OCH3 is 1. The molecule has 22 heavy (non-hydrogen) atoms. The molecule has 0 saturated carbocycles. The largest absolute Gasteiger partial charge is 0.497 e. The fourth-order valence-electron chi connectivity index (χ4n) is 1.99. The van der Waals surface area contributed by atoms with E-state index in [1.165, 1.54) is 5.56 Å². The lowest BCUT2D eigenvalue weighted by Gasteiger charge is -2.21. The van der Waals surface area contributed by atoms with E-state index in [9.17, 15) is 0 Å². The first-order chi connectivity index (χ1) is 10.6. The summed E-state index contributed by atoms with van der Waals surface area (Å²) in [5.74, 6) is 0.853. The second-order valence-electron chi connectivity index (χ2n) is 4.99. The molecule has 0 bridgehead atoms. The molecular weight excluding hydrogens is 316 g/mol. The predicted molar refractivity (Wildman–Crippen MR) is 95.4 cm³/mol. The Hall–Kier alpha value is -1.78. The maximum Gasteiger partial charge on any atom is 0.169 e. The quantitative estimate of drug-likeness (QED) is 0.839. The molecule has 0 heterocycles. The lowest BCUT2D eigenvalue weighted by Crippen LogP contribution is -2.36. The molecule has 0 spiro atoms. The van der Waals surface area contributed by atoms with Crippen LogP contribution in [0.4, 0.5) is 0 Å². The maximum atomic E-state index is 5.89. The summed E-state index contributed by atoms with van der Waals surface area (Å²) in [5.41, 5.74) is 2.32. The molecule has 0 aliphatic heterocycles. The maximum absolute atomic E-state index is 5.89. The summed E-state index contributed by atoms with van der Waals surface area (Å²) in [7, 11) is 3.63. The van der Waals surface area contributed by atoms with Gasteiger partial charge in [-0.15, -0.1) is 0 Å². The van der Waals surface area contributed by atoms with Gasteiger partial charge in [0.25, 0.3) is 0 Å². The van der Waals surface area contributed by atoms with Gasteiger partial charge in [-0.1, -0.05) is 35.9 Å². The molecule has 0 aliphatic carbocycles. The lowest BCUT2D eigenvalue weighted by atomic mass is 10.2. The summed E-state index contributed by atoms with van der Waals surface area (Å²) < 4.78 is 5.14. The summed E-state index contributed by atoms with van der Waals surface area (Å²) >= 11 is 11.3. The van der Waals surface area contributed by atoms with Gasteiger partial charge in [0, 0.05) is 25.2 Å². The molecule has 0 radical (unpaired) electrons. The summed E-state index contributed by atoms with van der Waals surface area (Å²) in [6.07, 6.45) is 0. The van der Waals surface area contributed by atoms with E-state index < -0.39 is 0 Å². The number of hydrogen-bond donors (Lipinski definition) is 1. The van der Waals surface area contributed by atoms with Crippen LogP contribution in [0.3, 0.4) is 0 Å². The van der Waals surface area contributed by atoms with Crippen LogP contribution in [0.5, 0.6) is 5.75 Å². The van der Waals surface area contributed by atoms with E-state index in [4.69, 9.17) is 28.6 Å². The first-order valence-corrected chi connectivity index (χ1v) is 7.73. The predicted octanol–water partition coefficient (Wildman–Crippen LogP) is 3.86. The lowest BCUT2D eigenvalue weighted by molar-refractivity contribution is 0.414. The second kappa shape index (κ2) is 8.01. The Morgan fingerprint density at radius 3 is 2.27 bits per heavy atom. The first-order valence-electron chi connectivity index (χ1n) is 6.95. The Balaban J connectivity index is 1.84. The SMILES string of the molecule is COc1ccc(CNC(=S)N(C)Cc2ccc(Cl)cc2)cc1. The van der Waals surface area contributed by atoms with Gasteiger partial charge in [-0.3, -0.25) is 0 Å². The molecule has 116 valence electrons. The summed E-state index contributed by atoms with van der Waals surface area (Å²) in [4.78, 5) is 2.00. The third-order valence-electron chi connectivity index (χ3n) is 3.28. The minimum Gasteiger partial charge on any atom is -0.497 e. The molecule has 2 rings (SSSR count). The average Bonchev–Trinajstić information content (AvgIpc) is 2.55. The van der Waals surface area contributed by atoms with Crippen molar-refractivity contribution in [3.05, 3.63) is 64.7 Å². The molecule has 0 fully saturated rings. The Kier molecular flexibility index (Phi) is 6.04. The fraction of sp³-hybridized carbons (Fsp3) is 0.235. The number of rotatable bonds is 5. The van der Waals surface area contributed by atoms with Gasteiger partial charge in [-0.05, 0) is 47.6 Å². The molecule has 0 amide bonds. The molecule has 0 aliphatic rings. The van der Waals surface area contributed by atoms with Crippen LogP contribution in [0.1, 0.15) is 11.1 Å². The van der Waals surface area contributed by atoms with Crippen LogP contribution in [0, 0.1) is 0 Å². The molecule has 2 aromatic carbocycles. The number of hydrogen-bond acceptors (Lipinski definition) is 2. The number of nitrogens with zero attached hydrogens (tertiary/aromatic N) is 1. The number of benzene rings is 2. The molecule has 1 N–H and O–H groups in total. The number of ether oxygens (including phenoxy) is 1. The molecule has 0 unspecified atom stereocenters. The Bertz CT molecular complexity index is 614. The van der Waals surface area contributed by atoms with Crippen molar-refractivity contribution in [3.8, 4) is 5.75 Å². The van der Waals surface area contributed by atoms with Gasteiger partial charge in [0.15, 0.2) is 5.11 Å². The summed E-state index contributed by atoms with van der Waals surface area (Å²) in [6.45, 7) is 1.43. The topological polar surface area (TPSA) is 24.5 Å². The zero-order valence-electron chi connectivity index (χ0n) is 12.7. The van der Waals surface area contributed by atoms with Crippen LogP contribution in [0.25, 0.3) is 0 Å². The van der Waals surface area contributed by atoms with Gasteiger partial charge in [0.2, 0.25) is 0 Å². The van der Waals surface area contributed by atoms with Crippen molar-refractivity contribution >= 4 is 28.9 Å². The monoisotopic (exact) mass is 334 g/mol. The molecule has 5 heteroatoms. The number of thiocarbonyl (C=S) groups is 1. The highest BCUT2D eigenvalue weighted by atomic mass is 35.5. The smallest absolute Gasteiger partial charge is 0.169 e. The van der Waals surface area contributed by atoms with Gasteiger partial charge >= 0.3 is 0 Å². The van der Waals surface area contributed by atoms with E-state index in [1.807, 2.05) is 60.5 Å². The van der Waals surface area contributed by atoms with Crippen molar-refractivity contribution in [1.29, 1.82) is 0 Å². The average molecular weight is 335 g/mol. The summed E-state index contributed by atoms with van der Waals surface area (Å²) in [6, 6.07) is 15.7. The van der Waals surface area contributed by atoms with E-state index in [-0.39, 0.29) is 0 Å². The number of halogens is 1. The van der Waals surface area contributed by atoms with Crippen molar-refractivity contribution < 1.29 is 4.74 Å². The van der Waals surface area contributed by atoms with Gasteiger partial charge in [0.05, 0.1) is 7.11 Å². The van der Waals surface area contributed by atoms with Crippen molar-refractivity contribution in [2.75, 3.05) is 14.2 Å². The molecule has 0 saturated heterocycles. The van der Waals surface area contributed by atoms with Crippen LogP contribution >= 0.6 is 23.8 Å². The fourth-order valence-corrected chi connectivity index (χ4v) is 2.25. The highest BCUT2D eigenvalue weighted by molar-refractivity contribution is 7.80. The Morgan fingerprint density at radius 1 is 1.09 bits per heavy atom. The minimum absolute atomic E-state index is 0.688. The van der Waals surface area contributed by atoms with E-state index >= 15 is 0 Å². The van der Waals surface area contributed by atoms with Gasteiger partial charge < -0.3 is 15.0 Å². The molecule has 2 aromatic rings. The van der Waals surface area contributed by atoms with Gasteiger partial charge in [-0.2, -0.15) is 0 Å². The zero-order chi connectivity index (χ0) is 15.9. The summed E-state index contributed by atoms with van der Waals surface area (Å²) in [5, 5.41) is 4.71. The van der Waals surface area contributed by atoms with E-state index in [2.05, 4.69) is 5.32 Å². The number of nitrogens with one attached hydrogen (secondary N) is 1. The van der Waals surface area contributed by atoms with Gasteiger partial charge in [0.1, 0.15) is 5.75 Å². The van der Waals surface area contributed by atoms with Crippen LogP contribution in [0.2, 0.25) is 5.02 Å². The van der Waals surface area contributed by atoms with E-state index in [0.29, 0.717) is 11.7 Å². The second-order valence-corrected chi connectivity index (χ2v) is 5.81. The van der Waals surface area contributed by atoms with Crippen molar-refractivity contribution in [3.63, 3.8) is 0 Å². The third kappa shape index (κ3) is 4.90. The van der Waals surface area contributed by atoms with E-state index in [1.54, 1.807) is 7.11 Å². The van der Waals surface area contributed by atoms with Crippen LogP contribution < -0.4 is 10.1 Å². The first kappa shape index (κ1) is 16.6. The van der Waals surface area contributed by atoms with Crippen LogP contribution in [0.15, 0.2) is 48.5 Å². The van der Waals surface area contributed by atoms with Crippen molar-refractivity contribution in [2.45, 2.75) is 13.1 Å². The van der Waals surface area contributed by atoms with Crippen molar-refractivity contribution in [1.82, 2.24) is 10.2 Å². The van der Waals surface area contributed by atoms with Crippen LogP contribution in [-0.4, -0.2) is 24.2 Å². The highest BCUT2D eigenvalue weighted by Crippen LogP contribution is 2.12. The van der Waals surface area contributed by atoms with Gasteiger partial charge in [-0.25, -0.2) is 0 Å². The van der Waals surface area contributed by atoms with Crippen molar-refractivity contribution in [2.24, 2.45) is 0 Å². The molecule has 0 aromatic heterocycles. The standard InChI is InChI=1S/C17H19ClN2OS/c1-20(12-14-3-7-15(18)8-4-14)17(22)19-11-13-5-9-16(21-2)10-6-13/h3-10H,11-12H2,1-2H3,(H,19,22). The molecular formula is C17H19ClN2OS. The minimum atomic E-state index is 0.688. The highest BCUT2D eigenvalue weighted by Gasteiger charge is 2.05. The normalized spacial score (nSPS) is 10.1. The molecule has 0 atom stereocenters. The Labute approximate surface area is 141 Å². The van der Waals surface area contributed by atoms with E-state index in [0.717, 1.165) is 22.9 Å². The van der Waals surface area contributed by atoms with Crippen LogP contribution in [-0.2, 0) is 13.1 Å².